The van der Waals surface area contributed by atoms with Gasteiger partial charge in [0.1, 0.15) is 0 Å². The summed E-state index contributed by atoms with van der Waals surface area (Å²) in [6.07, 6.45) is 0. The number of anilines is 2. The minimum absolute atomic E-state index is 0.889. The van der Waals surface area contributed by atoms with Crippen LogP contribution in [0.25, 0.3) is 0 Å². The van der Waals surface area contributed by atoms with Crippen molar-refractivity contribution in [1.82, 2.24) is 0 Å². The normalized spacial score (nSPS) is 14.4. The first-order valence-electron chi connectivity index (χ1n) is 6.28. The molecule has 0 radical (unpaired) electrons. The highest BCUT2D eigenvalue weighted by Crippen LogP contribution is 2.38. The van der Waals surface area contributed by atoms with Crippen LogP contribution in [0.3, 0.4) is 0 Å². The topological polar surface area (TPSA) is 3.24 Å². The zero-order chi connectivity index (χ0) is 13.4. The van der Waals surface area contributed by atoms with E-state index in [0.717, 1.165) is 10.1 Å². The Morgan fingerprint density at radius 2 is 1.84 bits per heavy atom. The minimum Gasteiger partial charge on any atom is -0.330 e. The standard InChI is InChI=1S/C16H15NS2/c1-11-7-8-14(12(2)9-11)17-10-19-16(18)13-5-3-4-6-15(13)17/h3-9H,10H2,1-2H3. The third kappa shape index (κ3) is 2.28. The summed E-state index contributed by atoms with van der Waals surface area (Å²) in [5.41, 5.74) is 6.28. The Morgan fingerprint density at radius 1 is 1.05 bits per heavy atom. The number of thioether (sulfide) groups is 1. The van der Waals surface area contributed by atoms with Crippen LogP contribution in [0.2, 0.25) is 0 Å². The van der Waals surface area contributed by atoms with E-state index in [0.29, 0.717) is 0 Å². The molecule has 0 amide bonds. The molecular weight excluding hydrogens is 270 g/mol. The van der Waals surface area contributed by atoms with E-state index >= 15 is 0 Å². The molecule has 19 heavy (non-hydrogen) atoms. The number of rotatable bonds is 1. The number of nitrogens with zero attached hydrogens (tertiary/aromatic N) is 1. The first-order chi connectivity index (χ1) is 9.16. The Bertz CT molecular complexity index is 649. The molecule has 3 heteroatoms. The van der Waals surface area contributed by atoms with Crippen molar-refractivity contribution in [2.24, 2.45) is 0 Å². The number of hydrogen-bond acceptors (Lipinski definition) is 3. The quantitative estimate of drug-likeness (QED) is 0.691. The van der Waals surface area contributed by atoms with E-state index < -0.39 is 0 Å². The molecule has 2 aromatic carbocycles. The molecule has 0 saturated carbocycles. The molecule has 3 rings (SSSR count). The van der Waals surface area contributed by atoms with Gasteiger partial charge < -0.3 is 4.90 Å². The monoisotopic (exact) mass is 285 g/mol. The smallest absolute Gasteiger partial charge is 0.0816 e. The van der Waals surface area contributed by atoms with Gasteiger partial charge in [0.2, 0.25) is 0 Å². The summed E-state index contributed by atoms with van der Waals surface area (Å²) in [7, 11) is 0. The Balaban J connectivity index is 2.12. The summed E-state index contributed by atoms with van der Waals surface area (Å²) in [5.74, 6) is 0.889. The number of para-hydroxylation sites is 1. The number of benzene rings is 2. The van der Waals surface area contributed by atoms with Gasteiger partial charge in [-0.05, 0) is 31.5 Å². The lowest BCUT2D eigenvalue weighted by molar-refractivity contribution is 1.14. The highest BCUT2D eigenvalue weighted by atomic mass is 32.2. The lowest BCUT2D eigenvalue weighted by Crippen LogP contribution is -2.24. The third-order valence-corrected chi connectivity index (χ3v) is 4.83. The van der Waals surface area contributed by atoms with Gasteiger partial charge in [0.15, 0.2) is 0 Å². The van der Waals surface area contributed by atoms with Gasteiger partial charge >= 0.3 is 0 Å². The van der Waals surface area contributed by atoms with Crippen LogP contribution >= 0.6 is 24.0 Å². The second kappa shape index (κ2) is 4.99. The minimum atomic E-state index is 0.889. The molecule has 0 unspecified atom stereocenters. The molecule has 0 aromatic heterocycles. The molecule has 1 aliphatic rings. The zero-order valence-electron chi connectivity index (χ0n) is 11.0. The van der Waals surface area contributed by atoms with Crippen LogP contribution in [-0.2, 0) is 0 Å². The second-order valence-electron chi connectivity index (χ2n) is 4.80. The van der Waals surface area contributed by atoms with Crippen molar-refractivity contribution in [3.8, 4) is 0 Å². The summed E-state index contributed by atoms with van der Waals surface area (Å²) in [6, 6.07) is 15.0. The van der Waals surface area contributed by atoms with Crippen LogP contribution < -0.4 is 4.90 Å². The fraction of sp³-hybridized carbons (Fsp3) is 0.188. The van der Waals surface area contributed by atoms with Crippen molar-refractivity contribution in [2.75, 3.05) is 10.8 Å². The number of fused-ring (bicyclic) bond motifs is 1. The maximum absolute atomic E-state index is 5.45. The van der Waals surface area contributed by atoms with Gasteiger partial charge in [0, 0.05) is 11.3 Å². The molecule has 1 aliphatic heterocycles. The Hall–Kier alpha value is -1.32. The molecule has 0 spiro atoms. The highest BCUT2D eigenvalue weighted by molar-refractivity contribution is 8.23. The Morgan fingerprint density at radius 3 is 2.63 bits per heavy atom. The van der Waals surface area contributed by atoms with Crippen LogP contribution in [-0.4, -0.2) is 10.1 Å². The van der Waals surface area contributed by atoms with Crippen molar-refractivity contribution < 1.29 is 0 Å². The predicted octanol–water partition coefficient (Wildman–Crippen LogP) is 4.82. The molecule has 0 fully saturated rings. The van der Waals surface area contributed by atoms with Crippen molar-refractivity contribution >= 4 is 39.6 Å². The third-order valence-electron chi connectivity index (χ3n) is 3.38. The molecule has 0 N–H and O–H groups in total. The summed E-state index contributed by atoms with van der Waals surface area (Å²) >= 11 is 7.19. The molecule has 2 aromatic rings. The summed E-state index contributed by atoms with van der Waals surface area (Å²) in [6.45, 7) is 4.30. The highest BCUT2D eigenvalue weighted by Gasteiger charge is 2.22. The van der Waals surface area contributed by atoms with Crippen LogP contribution in [0.1, 0.15) is 16.7 Å². The molecular formula is C16H15NS2. The van der Waals surface area contributed by atoms with Gasteiger partial charge in [0.25, 0.3) is 0 Å². The van der Waals surface area contributed by atoms with E-state index in [1.54, 1.807) is 11.8 Å². The van der Waals surface area contributed by atoms with E-state index in [-0.39, 0.29) is 0 Å². The fourth-order valence-electron chi connectivity index (χ4n) is 2.46. The molecule has 0 atom stereocenters. The summed E-state index contributed by atoms with van der Waals surface area (Å²) < 4.78 is 0.997. The van der Waals surface area contributed by atoms with E-state index in [1.807, 2.05) is 0 Å². The van der Waals surface area contributed by atoms with Crippen LogP contribution in [0.4, 0.5) is 11.4 Å². The van der Waals surface area contributed by atoms with E-state index in [1.165, 1.54) is 28.1 Å². The van der Waals surface area contributed by atoms with Crippen molar-refractivity contribution in [1.29, 1.82) is 0 Å². The lowest BCUT2D eigenvalue weighted by atomic mass is 10.1. The van der Waals surface area contributed by atoms with Crippen LogP contribution in [0, 0.1) is 13.8 Å². The van der Waals surface area contributed by atoms with Crippen LogP contribution in [0.5, 0.6) is 0 Å². The van der Waals surface area contributed by atoms with Gasteiger partial charge in [-0.25, -0.2) is 0 Å². The summed E-state index contributed by atoms with van der Waals surface area (Å²) in [4.78, 5) is 2.35. The van der Waals surface area contributed by atoms with E-state index in [2.05, 4.69) is 61.2 Å². The predicted molar refractivity (Wildman–Crippen MR) is 88.7 cm³/mol. The first-order valence-corrected chi connectivity index (χ1v) is 7.67. The van der Waals surface area contributed by atoms with Gasteiger partial charge in [0.05, 0.1) is 15.8 Å². The number of aryl methyl sites for hydroxylation is 2. The Kier molecular flexibility index (Phi) is 3.33. The second-order valence-corrected chi connectivity index (χ2v) is 6.42. The van der Waals surface area contributed by atoms with Crippen molar-refractivity contribution in [2.45, 2.75) is 13.8 Å². The van der Waals surface area contributed by atoms with Gasteiger partial charge in [-0.1, -0.05) is 59.9 Å². The number of thiocarbonyl (C=S) groups is 1. The Labute approximate surface area is 123 Å². The molecule has 0 aliphatic carbocycles. The lowest BCUT2D eigenvalue weighted by Gasteiger charge is -2.32. The maximum atomic E-state index is 5.45. The van der Waals surface area contributed by atoms with Gasteiger partial charge in [-0.15, -0.1) is 0 Å². The SMILES string of the molecule is Cc1ccc(N2CSC(=S)c3ccccc32)c(C)c1. The summed E-state index contributed by atoms with van der Waals surface area (Å²) in [5, 5.41) is 0. The van der Waals surface area contributed by atoms with Gasteiger partial charge in [-0.2, -0.15) is 0 Å². The molecule has 1 heterocycles. The molecule has 0 bridgehead atoms. The molecule has 96 valence electrons. The van der Waals surface area contributed by atoms with E-state index in [9.17, 15) is 0 Å². The maximum Gasteiger partial charge on any atom is 0.0816 e. The average Bonchev–Trinajstić information content (AvgIpc) is 2.41. The van der Waals surface area contributed by atoms with Gasteiger partial charge in [-0.3, -0.25) is 0 Å². The van der Waals surface area contributed by atoms with Crippen molar-refractivity contribution in [3.63, 3.8) is 0 Å². The first kappa shape index (κ1) is 12.7. The molecule has 0 saturated heterocycles. The zero-order valence-corrected chi connectivity index (χ0v) is 12.6. The fourth-order valence-corrected chi connectivity index (χ4v) is 3.64. The largest absolute Gasteiger partial charge is 0.330 e. The van der Waals surface area contributed by atoms with Crippen molar-refractivity contribution in [3.05, 3.63) is 59.2 Å². The average molecular weight is 285 g/mol. The van der Waals surface area contributed by atoms with E-state index in [4.69, 9.17) is 12.2 Å². The van der Waals surface area contributed by atoms with Crippen LogP contribution in [0.15, 0.2) is 42.5 Å². The molecule has 1 nitrogen and oxygen atoms in total. The number of hydrogen-bond donors (Lipinski definition) is 0.